The molecule has 0 saturated carbocycles. The van der Waals surface area contributed by atoms with Crippen molar-refractivity contribution in [2.75, 3.05) is 26.7 Å². The SMILES string of the molecule is CN=C(NCCc1cc(F)cc(F)c1)NCCN(C(C)C)C(C)C.I. The van der Waals surface area contributed by atoms with Gasteiger partial charge in [-0.3, -0.25) is 9.89 Å². The molecule has 0 aliphatic rings. The summed E-state index contributed by atoms with van der Waals surface area (Å²) < 4.78 is 26.3. The molecule has 0 unspecified atom stereocenters. The summed E-state index contributed by atoms with van der Waals surface area (Å²) in [4.78, 5) is 6.57. The molecule has 0 amide bonds. The lowest BCUT2D eigenvalue weighted by Crippen LogP contribution is -2.45. The molecule has 4 nitrogen and oxygen atoms in total. The Morgan fingerprint density at radius 2 is 1.52 bits per heavy atom. The first-order chi connectivity index (χ1) is 11.3. The second-order valence-electron chi connectivity index (χ2n) is 6.38. The fraction of sp³-hybridized carbons (Fsp3) is 0.611. The molecule has 1 rings (SSSR count). The van der Waals surface area contributed by atoms with Crippen molar-refractivity contribution in [3.05, 3.63) is 35.4 Å². The number of halogens is 3. The summed E-state index contributed by atoms with van der Waals surface area (Å²) in [6.45, 7) is 11.0. The molecule has 1 aromatic rings. The van der Waals surface area contributed by atoms with E-state index in [0.29, 0.717) is 36.6 Å². The van der Waals surface area contributed by atoms with Gasteiger partial charge in [-0.1, -0.05) is 0 Å². The van der Waals surface area contributed by atoms with Gasteiger partial charge >= 0.3 is 0 Å². The standard InChI is InChI=1S/C18H30F2N4.HI/c1-13(2)24(14(3)4)9-8-23-18(21-5)22-7-6-15-10-16(19)12-17(20)11-15;/h10-14H,6-9H2,1-5H3,(H2,21,22,23);1H. The Balaban J connectivity index is 0.00000576. The second kappa shape index (κ2) is 12.4. The van der Waals surface area contributed by atoms with Crippen LogP contribution in [0.15, 0.2) is 23.2 Å². The van der Waals surface area contributed by atoms with Gasteiger partial charge in [-0.2, -0.15) is 0 Å². The number of nitrogens with one attached hydrogen (secondary N) is 2. The van der Waals surface area contributed by atoms with Crippen LogP contribution in [0.5, 0.6) is 0 Å². The van der Waals surface area contributed by atoms with Crippen LogP contribution in [0.3, 0.4) is 0 Å². The van der Waals surface area contributed by atoms with Gasteiger partial charge in [-0.25, -0.2) is 8.78 Å². The Hall–Kier alpha value is -0.960. The zero-order valence-electron chi connectivity index (χ0n) is 15.8. The second-order valence-corrected chi connectivity index (χ2v) is 6.38. The number of aliphatic imine (C=N–C) groups is 1. The van der Waals surface area contributed by atoms with Crippen LogP contribution in [0.2, 0.25) is 0 Å². The molecular weight excluding hydrogens is 437 g/mol. The zero-order valence-corrected chi connectivity index (χ0v) is 18.1. The minimum atomic E-state index is -0.546. The van der Waals surface area contributed by atoms with Crippen molar-refractivity contribution in [2.45, 2.75) is 46.2 Å². The van der Waals surface area contributed by atoms with E-state index >= 15 is 0 Å². The monoisotopic (exact) mass is 468 g/mol. The maximum atomic E-state index is 13.2. The predicted octanol–water partition coefficient (Wildman–Crippen LogP) is 3.41. The van der Waals surface area contributed by atoms with E-state index in [1.807, 2.05) is 0 Å². The number of benzene rings is 1. The Bertz CT molecular complexity index is 508. The lowest BCUT2D eigenvalue weighted by molar-refractivity contribution is 0.178. The van der Waals surface area contributed by atoms with Gasteiger partial charge in [0.25, 0.3) is 0 Å². The van der Waals surface area contributed by atoms with E-state index in [0.717, 1.165) is 19.2 Å². The van der Waals surface area contributed by atoms with Gasteiger partial charge in [0.15, 0.2) is 5.96 Å². The maximum Gasteiger partial charge on any atom is 0.191 e. The maximum absolute atomic E-state index is 13.2. The lowest BCUT2D eigenvalue weighted by Gasteiger charge is -2.30. The zero-order chi connectivity index (χ0) is 18.1. The van der Waals surface area contributed by atoms with Crippen molar-refractivity contribution in [3.8, 4) is 0 Å². The number of rotatable bonds is 8. The topological polar surface area (TPSA) is 39.7 Å². The van der Waals surface area contributed by atoms with Gasteiger partial charge in [-0.15, -0.1) is 24.0 Å². The number of nitrogens with zero attached hydrogens (tertiary/aromatic N) is 2. The van der Waals surface area contributed by atoms with Gasteiger partial charge < -0.3 is 10.6 Å². The molecule has 25 heavy (non-hydrogen) atoms. The summed E-state index contributed by atoms with van der Waals surface area (Å²) in [6.07, 6.45) is 0.527. The molecule has 7 heteroatoms. The Labute approximate surface area is 167 Å². The highest BCUT2D eigenvalue weighted by atomic mass is 127. The van der Waals surface area contributed by atoms with Crippen LogP contribution in [-0.4, -0.2) is 49.6 Å². The summed E-state index contributed by atoms with van der Waals surface area (Å²) in [5.74, 6) is -0.399. The third kappa shape index (κ3) is 9.34. The van der Waals surface area contributed by atoms with Gasteiger partial charge in [0.05, 0.1) is 0 Å². The van der Waals surface area contributed by atoms with E-state index in [9.17, 15) is 8.78 Å². The van der Waals surface area contributed by atoms with E-state index in [1.165, 1.54) is 12.1 Å². The van der Waals surface area contributed by atoms with Crippen LogP contribution in [0.4, 0.5) is 8.78 Å². The number of hydrogen-bond donors (Lipinski definition) is 2. The van der Waals surface area contributed by atoms with Crippen LogP contribution in [0.25, 0.3) is 0 Å². The normalized spacial score (nSPS) is 11.8. The molecule has 0 fully saturated rings. The molecule has 144 valence electrons. The third-order valence-electron chi connectivity index (χ3n) is 3.84. The first-order valence-electron chi connectivity index (χ1n) is 8.48. The molecular formula is C18H31F2IN4. The fourth-order valence-electron chi connectivity index (χ4n) is 2.72. The summed E-state index contributed by atoms with van der Waals surface area (Å²) in [7, 11) is 1.71. The minimum Gasteiger partial charge on any atom is -0.356 e. The van der Waals surface area contributed by atoms with Crippen LogP contribution in [0.1, 0.15) is 33.3 Å². The van der Waals surface area contributed by atoms with E-state index in [4.69, 9.17) is 0 Å². The first-order valence-corrected chi connectivity index (χ1v) is 8.48. The van der Waals surface area contributed by atoms with Crippen molar-refractivity contribution in [1.82, 2.24) is 15.5 Å². The first kappa shape index (κ1) is 24.0. The predicted molar refractivity (Wildman–Crippen MR) is 112 cm³/mol. The molecule has 0 saturated heterocycles. The minimum absolute atomic E-state index is 0. The molecule has 0 radical (unpaired) electrons. The van der Waals surface area contributed by atoms with E-state index < -0.39 is 11.6 Å². The van der Waals surface area contributed by atoms with Gasteiger partial charge in [0.2, 0.25) is 0 Å². The highest BCUT2D eigenvalue weighted by Crippen LogP contribution is 2.08. The average Bonchev–Trinajstić information content (AvgIpc) is 2.47. The van der Waals surface area contributed by atoms with Crippen molar-refractivity contribution < 1.29 is 8.78 Å². The third-order valence-corrected chi connectivity index (χ3v) is 3.84. The van der Waals surface area contributed by atoms with E-state index in [-0.39, 0.29) is 24.0 Å². The highest BCUT2D eigenvalue weighted by molar-refractivity contribution is 14.0. The van der Waals surface area contributed by atoms with Crippen LogP contribution < -0.4 is 10.6 Å². The van der Waals surface area contributed by atoms with E-state index in [2.05, 4.69) is 48.2 Å². The van der Waals surface area contributed by atoms with Gasteiger partial charge in [0.1, 0.15) is 11.6 Å². The molecule has 0 heterocycles. The van der Waals surface area contributed by atoms with E-state index in [1.54, 1.807) is 7.05 Å². The Kier molecular flexibility index (Phi) is 11.9. The number of guanidine groups is 1. The Morgan fingerprint density at radius 3 is 2.00 bits per heavy atom. The molecule has 0 aromatic heterocycles. The molecule has 0 aliphatic heterocycles. The quantitative estimate of drug-likeness (QED) is 0.349. The molecule has 1 aromatic carbocycles. The van der Waals surface area contributed by atoms with Crippen LogP contribution >= 0.6 is 24.0 Å². The van der Waals surface area contributed by atoms with Crippen molar-refractivity contribution in [3.63, 3.8) is 0 Å². The molecule has 0 bridgehead atoms. The van der Waals surface area contributed by atoms with Crippen molar-refractivity contribution >= 4 is 29.9 Å². The van der Waals surface area contributed by atoms with Crippen LogP contribution in [-0.2, 0) is 6.42 Å². The van der Waals surface area contributed by atoms with Crippen LogP contribution in [0, 0.1) is 11.6 Å². The molecule has 2 N–H and O–H groups in total. The highest BCUT2D eigenvalue weighted by Gasteiger charge is 2.12. The summed E-state index contributed by atoms with van der Waals surface area (Å²) in [5, 5.41) is 6.43. The Morgan fingerprint density at radius 1 is 1.00 bits per heavy atom. The fourth-order valence-corrected chi connectivity index (χ4v) is 2.72. The summed E-state index contributed by atoms with van der Waals surface area (Å²) >= 11 is 0. The van der Waals surface area contributed by atoms with Crippen molar-refractivity contribution in [1.29, 1.82) is 0 Å². The summed E-state index contributed by atoms with van der Waals surface area (Å²) in [6, 6.07) is 4.56. The molecule has 0 atom stereocenters. The van der Waals surface area contributed by atoms with Gasteiger partial charge in [0, 0.05) is 44.8 Å². The average molecular weight is 468 g/mol. The lowest BCUT2D eigenvalue weighted by atomic mass is 10.1. The molecule has 0 aliphatic carbocycles. The summed E-state index contributed by atoms with van der Waals surface area (Å²) in [5.41, 5.74) is 0.626. The number of hydrogen-bond acceptors (Lipinski definition) is 2. The van der Waals surface area contributed by atoms with Gasteiger partial charge in [-0.05, 0) is 51.8 Å². The largest absolute Gasteiger partial charge is 0.356 e. The van der Waals surface area contributed by atoms with Crippen molar-refractivity contribution in [2.24, 2.45) is 4.99 Å². The smallest absolute Gasteiger partial charge is 0.191 e. The molecule has 0 spiro atoms.